The molecule has 0 spiro atoms. The Kier molecular flexibility index (Phi) is 8.08. The van der Waals surface area contributed by atoms with Gasteiger partial charge in [-0.15, -0.1) is 0 Å². The van der Waals surface area contributed by atoms with Crippen molar-refractivity contribution in [2.45, 2.75) is 58.3 Å². The summed E-state index contributed by atoms with van der Waals surface area (Å²) in [7, 11) is -5.42. The predicted octanol–water partition coefficient (Wildman–Crippen LogP) is 3.69. The highest BCUT2D eigenvalue weighted by Crippen LogP contribution is 2.37. The summed E-state index contributed by atoms with van der Waals surface area (Å²) in [6, 6.07) is -0.235. The van der Waals surface area contributed by atoms with Gasteiger partial charge in [-0.1, -0.05) is 32.8 Å². The van der Waals surface area contributed by atoms with Crippen molar-refractivity contribution >= 4 is 18.4 Å². The third-order valence-corrected chi connectivity index (χ3v) is 8.99. The van der Waals surface area contributed by atoms with Crippen molar-refractivity contribution in [3.05, 3.63) is 10.4 Å². The van der Waals surface area contributed by atoms with Gasteiger partial charge in [-0.3, -0.25) is 4.18 Å². The van der Waals surface area contributed by atoms with Crippen molar-refractivity contribution in [1.29, 1.82) is 0 Å². The Morgan fingerprint density at radius 3 is 2.23 bits per heavy atom. The van der Waals surface area contributed by atoms with E-state index in [0.717, 1.165) is 6.26 Å². The van der Waals surface area contributed by atoms with Crippen molar-refractivity contribution < 1.29 is 17.0 Å². The average Bonchev–Trinajstić information content (AvgIpc) is 2.30. The summed E-state index contributed by atoms with van der Waals surface area (Å²) in [6.07, 6.45) is 1.55. The van der Waals surface area contributed by atoms with Crippen LogP contribution in [-0.4, -0.2) is 42.2 Å². The van der Waals surface area contributed by atoms with Crippen LogP contribution in [-0.2, 0) is 18.7 Å². The second-order valence-electron chi connectivity index (χ2n) is 7.22. The molecule has 9 heteroatoms. The fraction of sp³-hybridized carbons (Fsp3) is 1.00. The quantitative estimate of drug-likeness (QED) is 0.208. The van der Waals surface area contributed by atoms with E-state index in [1.165, 1.54) is 0 Å². The second-order valence-corrected chi connectivity index (χ2v) is 13.7. The molecule has 1 unspecified atom stereocenters. The van der Waals surface area contributed by atoms with Gasteiger partial charge in [0.2, 0.25) is 0 Å². The topological polar surface area (TPSA) is 101 Å². The van der Waals surface area contributed by atoms with E-state index in [2.05, 4.69) is 43.9 Å². The lowest BCUT2D eigenvalue weighted by atomic mass is 10.0. The molecule has 0 fully saturated rings. The molecule has 0 aromatic carbocycles. The molecule has 0 aromatic rings. The van der Waals surface area contributed by atoms with E-state index in [9.17, 15) is 8.42 Å². The summed E-state index contributed by atoms with van der Waals surface area (Å²) in [4.78, 5) is 2.78. The Balaban J connectivity index is 4.82. The van der Waals surface area contributed by atoms with Gasteiger partial charge in [0.25, 0.3) is 10.1 Å². The van der Waals surface area contributed by atoms with Crippen LogP contribution < -0.4 is 0 Å². The van der Waals surface area contributed by atoms with E-state index in [-0.39, 0.29) is 23.6 Å². The first-order chi connectivity index (χ1) is 9.78. The van der Waals surface area contributed by atoms with Crippen LogP contribution in [0.5, 0.6) is 0 Å². The molecule has 2 atom stereocenters. The molecule has 0 bridgehead atoms. The Labute approximate surface area is 135 Å². The molecule has 0 aliphatic carbocycles. The molecule has 0 aromatic heterocycles. The van der Waals surface area contributed by atoms with Crippen LogP contribution in [0, 0.1) is 5.92 Å². The van der Waals surface area contributed by atoms with Crippen LogP contribution in [0.1, 0.15) is 34.1 Å². The number of rotatable bonds is 9. The molecule has 0 saturated heterocycles. The highest BCUT2D eigenvalue weighted by atomic mass is 32.2. The lowest BCUT2D eigenvalue weighted by Crippen LogP contribution is -2.42. The lowest BCUT2D eigenvalue weighted by molar-refractivity contribution is 0.159. The summed E-state index contributed by atoms with van der Waals surface area (Å²) >= 11 is 0. The molecule has 7 nitrogen and oxygen atoms in total. The fourth-order valence-electron chi connectivity index (χ4n) is 1.56. The normalized spacial score (nSPS) is 16.0. The van der Waals surface area contributed by atoms with Crippen LogP contribution in [0.3, 0.4) is 0 Å². The molecular weight excluding hydrogens is 322 g/mol. The van der Waals surface area contributed by atoms with Gasteiger partial charge in [-0.2, -0.15) is 8.42 Å². The first-order valence-electron chi connectivity index (χ1n) is 7.31. The third kappa shape index (κ3) is 8.75. The average molecular weight is 352 g/mol. The summed E-state index contributed by atoms with van der Waals surface area (Å²) in [5.41, 5.74) is 8.48. The molecule has 130 valence electrons. The van der Waals surface area contributed by atoms with Crippen LogP contribution in [0.4, 0.5) is 0 Å². The van der Waals surface area contributed by atoms with Crippen molar-refractivity contribution in [1.82, 2.24) is 0 Å². The van der Waals surface area contributed by atoms with Crippen LogP contribution >= 0.6 is 0 Å². The molecule has 22 heavy (non-hydrogen) atoms. The largest absolute Gasteiger partial charge is 0.416 e. The van der Waals surface area contributed by atoms with E-state index >= 15 is 0 Å². The molecule has 0 rings (SSSR count). The van der Waals surface area contributed by atoms with Crippen LogP contribution in [0.25, 0.3) is 10.4 Å². The van der Waals surface area contributed by atoms with E-state index in [1.807, 2.05) is 0 Å². The van der Waals surface area contributed by atoms with E-state index in [4.69, 9.17) is 14.1 Å². The number of hydrogen-bond donors (Lipinski definition) is 0. The number of hydrogen-bond acceptors (Lipinski definition) is 5. The van der Waals surface area contributed by atoms with Gasteiger partial charge in [0.1, 0.15) is 0 Å². The molecule has 0 radical (unpaired) electrons. The highest BCUT2D eigenvalue weighted by molar-refractivity contribution is 7.85. The first-order valence-corrected chi connectivity index (χ1v) is 12.0. The molecule has 0 amide bonds. The van der Waals surface area contributed by atoms with Gasteiger partial charge in [0.05, 0.1) is 12.9 Å². The zero-order chi connectivity index (χ0) is 17.6. The number of azide groups is 1. The SMILES string of the molecule is CC(C[C@H](CO[Si](C)(C)C(C)(C)C)COS(C)(=O)=O)N=[N+]=[N-]. The standard InChI is InChI=1S/C13H29N3O4SSi/c1-11(15-16-14)8-12(9-19-21(5,17)18)10-20-22(6,7)13(2,3)4/h11-12H,8-10H2,1-7H3/t11?,12-/m0/s1. The van der Waals surface area contributed by atoms with Crippen LogP contribution in [0.2, 0.25) is 18.1 Å². The smallest absolute Gasteiger partial charge is 0.264 e. The monoisotopic (exact) mass is 351 g/mol. The van der Waals surface area contributed by atoms with Gasteiger partial charge >= 0.3 is 0 Å². The summed E-state index contributed by atoms with van der Waals surface area (Å²) in [5.74, 6) is -0.135. The minimum atomic E-state index is -3.50. The van der Waals surface area contributed by atoms with Crippen molar-refractivity contribution in [2.24, 2.45) is 11.0 Å². The van der Waals surface area contributed by atoms with Crippen LogP contribution in [0.15, 0.2) is 5.11 Å². The second kappa shape index (κ2) is 8.31. The molecule has 0 aliphatic heterocycles. The van der Waals surface area contributed by atoms with Gasteiger partial charge in [0.15, 0.2) is 8.32 Å². The third-order valence-electron chi connectivity index (χ3n) is 3.93. The zero-order valence-electron chi connectivity index (χ0n) is 14.7. The predicted molar refractivity (Wildman–Crippen MR) is 90.7 cm³/mol. The van der Waals surface area contributed by atoms with Crippen molar-refractivity contribution in [3.8, 4) is 0 Å². The maximum atomic E-state index is 11.2. The molecular formula is C13H29N3O4SSi. The zero-order valence-corrected chi connectivity index (χ0v) is 16.5. The lowest BCUT2D eigenvalue weighted by Gasteiger charge is -2.37. The van der Waals surface area contributed by atoms with Gasteiger partial charge in [0, 0.05) is 23.5 Å². The molecule has 0 heterocycles. The van der Waals surface area contributed by atoms with E-state index < -0.39 is 18.4 Å². The van der Waals surface area contributed by atoms with Gasteiger partial charge < -0.3 is 4.43 Å². The Morgan fingerprint density at radius 2 is 1.82 bits per heavy atom. The highest BCUT2D eigenvalue weighted by Gasteiger charge is 2.37. The van der Waals surface area contributed by atoms with Gasteiger partial charge in [-0.25, -0.2) is 0 Å². The molecule has 0 N–H and O–H groups in total. The number of nitrogens with zero attached hydrogens (tertiary/aromatic N) is 3. The minimum Gasteiger partial charge on any atom is -0.416 e. The summed E-state index contributed by atoms with van der Waals surface area (Å²) in [5, 5.41) is 3.71. The Morgan fingerprint density at radius 1 is 1.27 bits per heavy atom. The fourth-order valence-corrected chi connectivity index (χ4v) is 3.09. The summed E-state index contributed by atoms with van der Waals surface area (Å²) < 4.78 is 33.4. The summed E-state index contributed by atoms with van der Waals surface area (Å²) in [6.45, 7) is 12.9. The first kappa shape index (κ1) is 21.4. The maximum absolute atomic E-state index is 11.2. The van der Waals surface area contributed by atoms with E-state index in [1.54, 1.807) is 6.92 Å². The molecule has 0 saturated carbocycles. The Hall–Kier alpha value is -0.603. The maximum Gasteiger partial charge on any atom is 0.264 e. The van der Waals surface area contributed by atoms with Crippen molar-refractivity contribution in [3.63, 3.8) is 0 Å². The van der Waals surface area contributed by atoms with E-state index in [0.29, 0.717) is 13.0 Å². The minimum absolute atomic E-state index is 0.0404. The van der Waals surface area contributed by atoms with Gasteiger partial charge in [-0.05, 0) is 30.1 Å². The Bertz CT molecular complexity index is 496. The molecule has 0 aliphatic rings. The van der Waals surface area contributed by atoms with Crippen molar-refractivity contribution in [2.75, 3.05) is 19.5 Å².